The van der Waals surface area contributed by atoms with E-state index >= 15 is 0 Å². The lowest BCUT2D eigenvalue weighted by atomic mass is 10.0. The molecule has 0 amide bonds. The van der Waals surface area contributed by atoms with Crippen LogP contribution in [0.2, 0.25) is 0 Å². The molecule has 0 saturated carbocycles. The van der Waals surface area contributed by atoms with Crippen LogP contribution < -0.4 is 4.90 Å². The van der Waals surface area contributed by atoms with Gasteiger partial charge in [-0.1, -0.05) is 24.6 Å². The highest BCUT2D eigenvalue weighted by Crippen LogP contribution is 2.40. The van der Waals surface area contributed by atoms with E-state index in [1.807, 2.05) is 18.7 Å². The predicted molar refractivity (Wildman–Crippen MR) is 180 cm³/mol. The summed E-state index contributed by atoms with van der Waals surface area (Å²) in [4.78, 5) is 15.4. The summed E-state index contributed by atoms with van der Waals surface area (Å²) in [7, 11) is -8.02. The third kappa shape index (κ3) is 6.42. The third-order valence-corrected chi connectivity index (χ3v) is 12.7. The molecule has 49 heavy (non-hydrogen) atoms. The van der Waals surface area contributed by atoms with Crippen LogP contribution in [0, 0.1) is 6.92 Å². The van der Waals surface area contributed by atoms with Gasteiger partial charge in [0.2, 0.25) is 0 Å². The van der Waals surface area contributed by atoms with Crippen molar-refractivity contribution in [3.63, 3.8) is 0 Å². The molecule has 1 unspecified atom stereocenters. The number of aromatic nitrogens is 4. The molecule has 2 aromatic carbocycles. The molecule has 15 heteroatoms. The minimum absolute atomic E-state index is 0.00684. The van der Waals surface area contributed by atoms with Crippen LogP contribution in [0.15, 0.2) is 82.8 Å². The van der Waals surface area contributed by atoms with Gasteiger partial charge in [0.15, 0.2) is 21.3 Å². The standard InChI is InChI=1S/C34H34F3N5O5S2/c1-5-23(4)48(43,44)25-10-11-29(34(35,36)37)28(18-25)30-19-31(41-16-17-47-20-22(41)3)40-32(39-30)26-12-14-38-33-27(26)13-15-42(33)49(45,46)24-8-6-21(2)7-9-24/h6-15,18-19,22-23H,5,16-17,20H2,1-4H3/t22-,23?/m1/s1. The normalized spacial score (nSPS) is 16.6. The molecular formula is C34H34F3N5O5S2. The van der Waals surface area contributed by atoms with Crippen molar-refractivity contribution < 1.29 is 34.7 Å². The number of sulfone groups is 1. The van der Waals surface area contributed by atoms with Crippen molar-refractivity contribution in [2.24, 2.45) is 0 Å². The molecule has 258 valence electrons. The second-order valence-electron chi connectivity index (χ2n) is 12.0. The average Bonchev–Trinajstić information content (AvgIpc) is 3.53. The molecular weight excluding hydrogens is 680 g/mol. The lowest BCUT2D eigenvalue weighted by Gasteiger charge is -2.34. The van der Waals surface area contributed by atoms with Crippen molar-refractivity contribution in [2.45, 2.75) is 61.4 Å². The first-order valence-corrected chi connectivity index (χ1v) is 18.6. The molecule has 0 bridgehead atoms. The van der Waals surface area contributed by atoms with Gasteiger partial charge in [-0.3, -0.25) is 0 Å². The summed E-state index contributed by atoms with van der Waals surface area (Å²) in [5, 5.41) is -0.478. The summed E-state index contributed by atoms with van der Waals surface area (Å²) in [6.07, 6.45) is -1.83. The maximum Gasteiger partial charge on any atom is 0.417 e. The van der Waals surface area contributed by atoms with Gasteiger partial charge in [-0.25, -0.2) is 35.8 Å². The van der Waals surface area contributed by atoms with E-state index in [-0.39, 0.29) is 39.4 Å². The van der Waals surface area contributed by atoms with Gasteiger partial charge >= 0.3 is 6.18 Å². The van der Waals surface area contributed by atoms with Crippen LogP contribution in [0.25, 0.3) is 33.7 Å². The fourth-order valence-corrected chi connectivity index (χ4v) is 8.49. The summed E-state index contributed by atoms with van der Waals surface area (Å²) in [5.41, 5.74) is -0.349. The SMILES string of the molecule is CCC(C)S(=O)(=O)c1ccc(C(F)(F)F)c(-c2cc(N3CCOC[C@H]3C)nc(-c3ccnc4c3ccn4S(=O)(=O)c3ccc(C)cc3)n2)c1. The minimum Gasteiger partial charge on any atom is -0.377 e. The Bertz CT molecular complexity index is 2260. The number of nitrogens with zero attached hydrogens (tertiary/aromatic N) is 5. The number of halogens is 3. The maximum absolute atomic E-state index is 14.5. The molecule has 10 nitrogen and oxygen atoms in total. The summed E-state index contributed by atoms with van der Waals surface area (Å²) in [6.45, 7) is 8.03. The number of pyridine rings is 1. The monoisotopic (exact) mass is 713 g/mol. The number of morpholine rings is 1. The van der Waals surface area contributed by atoms with Crippen LogP contribution >= 0.6 is 0 Å². The van der Waals surface area contributed by atoms with Crippen LogP contribution in [-0.4, -0.2) is 66.8 Å². The Balaban J connectivity index is 1.59. The maximum atomic E-state index is 14.5. The molecule has 2 atom stereocenters. The molecule has 1 fully saturated rings. The molecule has 0 aliphatic carbocycles. The van der Waals surface area contributed by atoms with Crippen molar-refractivity contribution in [2.75, 3.05) is 24.7 Å². The summed E-state index contributed by atoms with van der Waals surface area (Å²) in [5.74, 6) is 0.308. The van der Waals surface area contributed by atoms with Gasteiger partial charge in [-0.15, -0.1) is 0 Å². The highest BCUT2D eigenvalue weighted by Gasteiger charge is 2.36. The van der Waals surface area contributed by atoms with E-state index in [0.717, 1.165) is 27.7 Å². The number of anilines is 1. The lowest BCUT2D eigenvalue weighted by Crippen LogP contribution is -2.44. The summed E-state index contributed by atoms with van der Waals surface area (Å²) >= 11 is 0. The van der Waals surface area contributed by atoms with E-state index in [1.54, 1.807) is 25.1 Å². The molecule has 0 radical (unpaired) electrons. The zero-order valence-electron chi connectivity index (χ0n) is 27.1. The lowest BCUT2D eigenvalue weighted by molar-refractivity contribution is -0.137. The van der Waals surface area contributed by atoms with Gasteiger partial charge in [-0.2, -0.15) is 13.2 Å². The largest absolute Gasteiger partial charge is 0.417 e. The molecule has 4 heterocycles. The highest BCUT2D eigenvalue weighted by atomic mass is 32.2. The van der Waals surface area contributed by atoms with Gasteiger partial charge in [0.1, 0.15) is 5.82 Å². The molecule has 0 spiro atoms. The molecule has 1 aliphatic heterocycles. The number of hydrogen-bond acceptors (Lipinski definition) is 9. The first kappa shape index (κ1) is 34.5. The Morgan fingerprint density at radius 3 is 2.35 bits per heavy atom. The van der Waals surface area contributed by atoms with Gasteiger partial charge in [-0.05, 0) is 69.7 Å². The quantitative estimate of drug-likeness (QED) is 0.177. The number of alkyl halides is 3. The molecule has 1 saturated heterocycles. The van der Waals surface area contributed by atoms with Crippen LogP contribution in [0.5, 0.6) is 0 Å². The highest BCUT2D eigenvalue weighted by molar-refractivity contribution is 7.92. The van der Waals surface area contributed by atoms with Crippen molar-refractivity contribution in [1.82, 2.24) is 18.9 Å². The van der Waals surface area contributed by atoms with E-state index in [2.05, 4.69) is 9.97 Å². The molecule has 3 aromatic heterocycles. The van der Waals surface area contributed by atoms with E-state index in [9.17, 15) is 30.0 Å². The Hall–Kier alpha value is -4.34. The zero-order chi connectivity index (χ0) is 35.3. The number of rotatable bonds is 8. The number of aryl methyl sites for hydroxylation is 1. The smallest absolute Gasteiger partial charge is 0.377 e. The Kier molecular flexibility index (Phi) is 9.05. The van der Waals surface area contributed by atoms with Gasteiger partial charge < -0.3 is 9.64 Å². The van der Waals surface area contributed by atoms with Crippen LogP contribution in [0.3, 0.4) is 0 Å². The van der Waals surface area contributed by atoms with Gasteiger partial charge in [0.05, 0.1) is 45.6 Å². The van der Waals surface area contributed by atoms with Gasteiger partial charge in [0.25, 0.3) is 10.0 Å². The number of benzene rings is 2. The van der Waals surface area contributed by atoms with E-state index in [0.29, 0.717) is 36.5 Å². The summed E-state index contributed by atoms with van der Waals surface area (Å²) in [6, 6.07) is 13.5. The van der Waals surface area contributed by atoms with Crippen LogP contribution in [-0.2, 0) is 30.8 Å². The fourth-order valence-electron chi connectivity index (χ4n) is 5.75. The predicted octanol–water partition coefficient (Wildman–Crippen LogP) is 6.52. The van der Waals surface area contributed by atoms with E-state index in [1.165, 1.54) is 43.6 Å². The van der Waals surface area contributed by atoms with E-state index < -0.39 is 42.4 Å². The first-order chi connectivity index (χ1) is 23.1. The number of ether oxygens (including phenoxy) is 1. The molecule has 5 aromatic rings. The molecule has 0 N–H and O–H groups in total. The van der Waals surface area contributed by atoms with E-state index in [4.69, 9.17) is 9.72 Å². The zero-order valence-corrected chi connectivity index (χ0v) is 28.8. The topological polar surface area (TPSA) is 124 Å². The van der Waals surface area contributed by atoms with Crippen LogP contribution in [0.4, 0.5) is 19.0 Å². The van der Waals surface area contributed by atoms with Crippen LogP contribution in [0.1, 0.15) is 38.3 Å². The fraction of sp³-hybridized carbons (Fsp3) is 0.324. The Labute approximate surface area is 282 Å². The second kappa shape index (κ2) is 12.8. The first-order valence-electron chi connectivity index (χ1n) is 15.6. The van der Waals surface area contributed by atoms with Crippen molar-refractivity contribution in [1.29, 1.82) is 0 Å². The molecule has 6 rings (SSSR count). The number of hydrogen-bond donors (Lipinski definition) is 0. The minimum atomic E-state index is -4.84. The van der Waals surface area contributed by atoms with Crippen molar-refractivity contribution >= 4 is 36.7 Å². The van der Waals surface area contributed by atoms with Gasteiger partial charge in [0, 0.05) is 41.5 Å². The summed E-state index contributed by atoms with van der Waals surface area (Å²) < 4.78 is 104. The Morgan fingerprint density at radius 2 is 1.67 bits per heavy atom. The molecule has 1 aliphatic rings. The second-order valence-corrected chi connectivity index (χ2v) is 16.2. The van der Waals surface area contributed by atoms with Crippen molar-refractivity contribution in [3.05, 3.63) is 84.2 Å². The average molecular weight is 714 g/mol. The third-order valence-electron chi connectivity index (χ3n) is 8.75. The van der Waals surface area contributed by atoms with Crippen molar-refractivity contribution in [3.8, 4) is 22.6 Å². The Morgan fingerprint density at radius 1 is 0.959 bits per heavy atom. The number of fused-ring (bicyclic) bond motifs is 1.